The van der Waals surface area contributed by atoms with E-state index in [0.717, 1.165) is 64.7 Å². The van der Waals surface area contributed by atoms with Crippen LogP contribution in [0.2, 0.25) is 0 Å². The molecule has 202 valence electrons. The van der Waals surface area contributed by atoms with Gasteiger partial charge < -0.3 is 29.5 Å². The Hall–Kier alpha value is -2.65. The van der Waals surface area contributed by atoms with Crippen LogP contribution < -0.4 is 10.1 Å². The number of rotatable bonds is 4. The molecule has 1 aliphatic carbocycles. The molecule has 0 spiro atoms. The quantitative estimate of drug-likeness (QED) is 0.667. The number of carbonyl (C=O) groups is 3. The van der Waals surface area contributed by atoms with Gasteiger partial charge in [-0.05, 0) is 50.9 Å². The summed E-state index contributed by atoms with van der Waals surface area (Å²) in [7, 11) is 3.88. The summed E-state index contributed by atoms with van der Waals surface area (Å²) in [6, 6.07) is 5.16. The smallest absolute Gasteiger partial charge is 0.257 e. The number of amides is 3. The van der Waals surface area contributed by atoms with E-state index in [4.69, 9.17) is 9.47 Å². The Balaban J connectivity index is 1.23. The van der Waals surface area contributed by atoms with Crippen molar-refractivity contribution < 1.29 is 23.9 Å². The second-order valence-corrected chi connectivity index (χ2v) is 11.1. The third-order valence-corrected chi connectivity index (χ3v) is 8.51. The van der Waals surface area contributed by atoms with Crippen molar-refractivity contribution in [2.75, 3.05) is 52.2 Å². The molecule has 4 aliphatic rings. The third-order valence-electron chi connectivity index (χ3n) is 8.51. The van der Waals surface area contributed by atoms with Crippen LogP contribution in [0.3, 0.4) is 0 Å². The Morgan fingerprint density at radius 2 is 1.76 bits per heavy atom. The van der Waals surface area contributed by atoms with Crippen LogP contribution in [0, 0.1) is 5.92 Å². The number of carbonyl (C=O) groups excluding carboxylic acids is 3. The molecule has 9 nitrogen and oxygen atoms in total. The summed E-state index contributed by atoms with van der Waals surface area (Å²) in [4.78, 5) is 45.0. The Kier molecular flexibility index (Phi) is 8.00. The summed E-state index contributed by atoms with van der Waals surface area (Å²) in [6.07, 6.45) is 6.60. The largest absolute Gasteiger partial charge is 0.490 e. The van der Waals surface area contributed by atoms with Gasteiger partial charge >= 0.3 is 0 Å². The number of likely N-dealkylation sites (N-methyl/N-ethyl adjacent to an activating group) is 2. The Morgan fingerprint density at radius 1 is 1.00 bits per heavy atom. The SMILES string of the molecule is CN1CCN(C(=O)C[C@H]2CC[C@@H]3[C@H](COc4ccc(NC(=O)C5CCCCC5)cc4C(=O)N3C)O2)CC1. The topological polar surface area (TPSA) is 91.4 Å². The Morgan fingerprint density at radius 3 is 2.51 bits per heavy atom. The van der Waals surface area contributed by atoms with Crippen LogP contribution in [0.15, 0.2) is 18.2 Å². The second kappa shape index (κ2) is 11.4. The highest BCUT2D eigenvalue weighted by Gasteiger charge is 2.39. The molecule has 3 atom stereocenters. The third kappa shape index (κ3) is 5.93. The van der Waals surface area contributed by atoms with Crippen molar-refractivity contribution in [3.05, 3.63) is 23.8 Å². The number of nitrogens with zero attached hydrogens (tertiary/aromatic N) is 3. The summed E-state index contributed by atoms with van der Waals surface area (Å²) in [5.41, 5.74) is 1.08. The van der Waals surface area contributed by atoms with E-state index in [1.165, 1.54) is 6.42 Å². The standard InChI is InChI=1S/C28H40N4O5/c1-30-12-14-32(15-13-30)26(33)17-21-9-10-23-25(37-21)18-36-24-11-8-20(16-22(24)28(35)31(23)2)29-27(34)19-6-4-3-5-7-19/h8,11,16,19,21,23,25H,3-7,9-10,12-15,17-18H2,1-2H3,(H,29,34)/t21-,23-,25+/m1/s1. The first-order chi connectivity index (χ1) is 17.9. The number of ether oxygens (including phenoxy) is 2. The van der Waals surface area contributed by atoms with Crippen molar-refractivity contribution in [2.24, 2.45) is 5.92 Å². The molecule has 0 unspecified atom stereocenters. The normalized spacial score (nSPS) is 27.4. The zero-order chi connectivity index (χ0) is 25.9. The molecule has 3 amide bonds. The van der Waals surface area contributed by atoms with Crippen LogP contribution in [0.4, 0.5) is 5.69 Å². The molecule has 1 aromatic carbocycles. The molecule has 5 rings (SSSR count). The number of hydrogen-bond acceptors (Lipinski definition) is 6. The molecule has 3 aliphatic heterocycles. The van der Waals surface area contributed by atoms with Crippen LogP contribution in [-0.2, 0) is 14.3 Å². The number of anilines is 1. The summed E-state index contributed by atoms with van der Waals surface area (Å²) >= 11 is 0. The number of hydrogen-bond donors (Lipinski definition) is 1. The van der Waals surface area contributed by atoms with Gasteiger partial charge in [-0.25, -0.2) is 0 Å². The Labute approximate surface area is 219 Å². The highest BCUT2D eigenvalue weighted by Crippen LogP contribution is 2.33. The zero-order valence-electron chi connectivity index (χ0n) is 22.1. The molecule has 9 heteroatoms. The average Bonchev–Trinajstić information content (AvgIpc) is 2.92. The van der Waals surface area contributed by atoms with E-state index in [-0.39, 0.29) is 41.9 Å². The lowest BCUT2D eigenvalue weighted by molar-refractivity contribution is -0.144. The number of nitrogens with one attached hydrogen (secondary N) is 1. The maximum absolute atomic E-state index is 13.5. The lowest BCUT2D eigenvalue weighted by Gasteiger charge is -2.42. The van der Waals surface area contributed by atoms with Gasteiger partial charge in [0.05, 0.1) is 24.1 Å². The van der Waals surface area contributed by atoms with Crippen molar-refractivity contribution >= 4 is 23.4 Å². The molecule has 1 N–H and O–H groups in total. The number of fused-ring (bicyclic) bond motifs is 2. The van der Waals surface area contributed by atoms with Crippen molar-refractivity contribution in [1.29, 1.82) is 0 Å². The first-order valence-corrected chi connectivity index (χ1v) is 13.9. The van der Waals surface area contributed by atoms with E-state index in [0.29, 0.717) is 30.0 Å². The summed E-state index contributed by atoms with van der Waals surface area (Å²) in [5.74, 6) is 0.562. The first kappa shape index (κ1) is 26.0. The number of piperazine rings is 1. The molecule has 0 aromatic heterocycles. The maximum atomic E-state index is 13.5. The van der Waals surface area contributed by atoms with E-state index in [2.05, 4.69) is 17.3 Å². The van der Waals surface area contributed by atoms with Crippen LogP contribution in [-0.4, -0.2) is 97.6 Å². The molecule has 3 heterocycles. The molecule has 1 saturated carbocycles. The maximum Gasteiger partial charge on any atom is 0.257 e. The fourth-order valence-corrected chi connectivity index (χ4v) is 6.09. The van der Waals surface area contributed by atoms with Gasteiger partial charge in [-0.2, -0.15) is 0 Å². The van der Waals surface area contributed by atoms with Crippen molar-refractivity contribution in [3.8, 4) is 5.75 Å². The molecule has 2 saturated heterocycles. The van der Waals surface area contributed by atoms with E-state index in [9.17, 15) is 14.4 Å². The monoisotopic (exact) mass is 512 g/mol. The fourth-order valence-electron chi connectivity index (χ4n) is 6.09. The summed E-state index contributed by atoms with van der Waals surface area (Å²) in [5, 5.41) is 3.01. The fraction of sp³-hybridized carbons (Fsp3) is 0.679. The first-order valence-electron chi connectivity index (χ1n) is 13.9. The molecule has 1 aromatic rings. The predicted molar refractivity (Wildman–Crippen MR) is 140 cm³/mol. The molecule has 0 radical (unpaired) electrons. The van der Waals surface area contributed by atoms with Gasteiger partial charge in [0, 0.05) is 44.8 Å². The van der Waals surface area contributed by atoms with E-state index in [1.54, 1.807) is 30.1 Å². The minimum Gasteiger partial charge on any atom is -0.490 e. The van der Waals surface area contributed by atoms with Crippen LogP contribution in [0.5, 0.6) is 5.75 Å². The van der Waals surface area contributed by atoms with Crippen molar-refractivity contribution in [2.45, 2.75) is 69.6 Å². The minimum atomic E-state index is -0.299. The van der Waals surface area contributed by atoms with E-state index in [1.807, 2.05) is 4.90 Å². The Bertz CT molecular complexity index is 1000. The van der Waals surface area contributed by atoms with Gasteiger partial charge in [-0.1, -0.05) is 19.3 Å². The predicted octanol–water partition coefficient (Wildman–Crippen LogP) is 2.75. The molecule has 37 heavy (non-hydrogen) atoms. The second-order valence-electron chi connectivity index (χ2n) is 11.1. The van der Waals surface area contributed by atoms with Gasteiger partial charge in [0.25, 0.3) is 5.91 Å². The highest BCUT2D eigenvalue weighted by atomic mass is 16.5. The summed E-state index contributed by atoms with van der Waals surface area (Å²) in [6.45, 7) is 3.62. The van der Waals surface area contributed by atoms with Crippen LogP contribution >= 0.6 is 0 Å². The lowest BCUT2D eigenvalue weighted by atomic mass is 9.88. The summed E-state index contributed by atoms with van der Waals surface area (Å²) < 4.78 is 12.4. The molecule has 3 fully saturated rings. The number of benzene rings is 1. The van der Waals surface area contributed by atoms with Gasteiger partial charge in [0.1, 0.15) is 18.5 Å². The van der Waals surface area contributed by atoms with Gasteiger partial charge in [-0.3, -0.25) is 14.4 Å². The zero-order valence-corrected chi connectivity index (χ0v) is 22.1. The average molecular weight is 513 g/mol. The lowest BCUT2D eigenvalue weighted by Crippen LogP contribution is -2.54. The minimum absolute atomic E-state index is 0.0325. The van der Waals surface area contributed by atoms with Gasteiger partial charge in [0.2, 0.25) is 11.8 Å². The molecule has 0 bridgehead atoms. The van der Waals surface area contributed by atoms with Gasteiger partial charge in [-0.15, -0.1) is 0 Å². The molecular formula is C28H40N4O5. The van der Waals surface area contributed by atoms with Crippen molar-refractivity contribution in [1.82, 2.24) is 14.7 Å². The highest BCUT2D eigenvalue weighted by molar-refractivity contribution is 6.00. The van der Waals surface area contributed by atoms with Crippen molar-refractivity contribution in [3.63, 3.8) is 0 Å². The van der Waals surface area contributed by atoms with E-state index < -0.39 is 0 Å². The van der Waals surface area contributed by atoms with Gasteiger partial charge in [0.15, 0.2) is 0 Å². The molecular weight excluding hydrogens is 472 g/mol. The van der Waals surface area contributed by atoms with Crippen LogP contribution in [0.1, 0.15) is 61.7 Å². The van der Waals surface area contributed by atoms with E-state index >= 15 is 0 Å². The van der Waals surface area contributed by atoms with Crippen LogP contribution in [0.25, 0.3) is 0 Å².